The Balaban J connectivity index is 2.80. The van der Waals surface area contributed by atoms with Crippen molar-refractivity contribution in [3.05, 3.63) is 18.8 Å². The number of hydrogen-bond donors (Lipinski definition) is 0. The first-order chi connectivity index (χ1) is 3.91. The molecule has 0 aliphatic rings. The molecule has 0 rings (SSSR count). The fraction of sp³-hybridized carbons (Fsp3) is 0.500. The molecule has 47 valence electrons. The van der Waals surface area contributed by atoms with Gasteiger partial charge in [0.15, 0.2) is 0 Å². The summed E-state index contributed by atoms with van der Waals surface area (Å²) in [5, 5.41) is 0.903. The Morgan fingerprint density at radius 3 is 2.75 bits per heavy atom. The van der Waals surface area contributed by atoms with Crippen molar-refractivity contribution in [1.29, 1.82) is 0 Å². The Morgan fingerprint density at radius 2 is 2.25 bits per heavy atom. The summed E-state index contributed by atoms with van der Waals surface area (Å²) in [7, 11) is 0. The normalized spacial score (nSPS) is 10.8. The van der Waals surface area contributed by atoms with Crippen LogP contribution < -0.4 is 0 Å². The van der Waals surface area contributed by atoms with E-state index in [0.717, 1.165) is 5.33 Å². The number of allylic oxidation sites excluding steroid dienone is 1. The molecular weight excluding hydrogens is 168 g/mol. The molecule has 0 aromatic heterocycles. The zero-order valence-electron chi connectivity index (χ0n) is 4.93. The molecule has 1 radical (unpaired) electrons. The summed E-state index contributed by atoms with van der Waals surface area (Å²) in [6.07, 6.45) is 3.97. The number of hydrogen-bond acceptors (Lipinski definition) is 1. The van der Waals surface area contributed by atoms with E-state index in [-0.39, 0.29) is 0 Å². The number of halogens is 1. The fourth-order valence-electron chi connectivity index (χ4n) is 0.283. The molecule has 0 saturated heterocycles. The molecule has 0 atom stereocenters. The van der Waals surface area contributed by atoms with Crippen LogP contribution in [-0.4, -0.2) is 11.9 Å². The lowest BCUT2D eigenvalue weighted by Crippen LogP contribution is -1.82. The maximum absolute atomic E-state index is 4.90. The van der Waals surface area contributed by atoms with Gasteiger partial charge in [-0.05, 0) is 6.92 Å². The molecule has 0 aromatic carbocycles. The standard InChI is InChI=1S/C6H10BrO/c1-2-8-6-4-3-5-7/h2-4H,5-6H2,1H3/b4-3+. The van der Waals surface area contributed by atoms with Crippen LogP contribution in [0.3, 0.4) is 0 Å². The van der Waals surface area contributed by atoms with Crippen LogP contribution in [0.25, 0.3) is 0 Å². The first-order valence-electron chi connectivity index (χ1n) is 2.52. The summed E-state index contributed by atoms with van der Waals surface area (Å²) in [6.45, 7) is 4.22. The average molecular weight is 178 g/mol. The Hall–Kier alpha value is 0.180. The zero-order valence-corrected chi connectivity index (χ0v) is 6.52. The highest BCUT2D eigenvalue weighted by Gasteiger charge is 1.73. The van der Waals surface area contributed by atoms with E-state index in [0.29, 0.717) is 6.61 Å². The number of ether oxygens (including phenoxy) is 1. The SMILES string of the molecule is C[CH]OC/C=C/CBr. The van der Waals surface area contributed by atoms with Gasteiger partial charge in [-0.15, -0.1) is 0 Å². The number of alkyl halides is 1. The van der Waals surface area contributed by atoms with Gasteiger partial charge in [0.2, 0.25) is 0 Å². The molecule has 0 aliphatic heterocycles. The Bertz CT molecular complexity index is 61.5. The van der Waals surface area contributed by atoms with E-state index in [1.54, 1.807) is 6.61 Å². The van der Waals surface area contributed by atoms with E-state index in [9.17, 15) is 0 Å². The molecule has 1 nitrogen and oxygen atoms in total. The summed E-state index contributed by atoms with van der Waals surface area (Å²) >= 11 is 3.25. The minimum absolute atomic E-state index is 0.683. The topological polar surface area (TPSA) is 9.23 Å². The average Bonchev–Trinajstić information content (AvgIpc) is 1.81. The van der Waals surface area contributed by atoms with E-state index < -0.39 is 0 Å². The van der Waals surface area contributed by atoms with Crippen LogP contribution in [0.2, 0.25) is 0 Å². The van der Waals surface area contributed by atoms with Crippen molar-refractivity contribution in [2.24, 2.45) is 0 Å². The van der Waals surface area contributed by atoms with Gasteiger partial charge in [0.25, 0.3) is 0 Å². The van der Waals surface area contributed by atoms with Crippen molar-refractivity contribution >= 4 is 15.9 Å². The van der Waals surface area contributed by atoms with Crippen molar-refractivity contribution < 1.29 is 4.74 Å². The second-order valence-electron chi connectivity index (χ2n) is 1.19. The smallest absolute Gasteiger partial charge is 0.0810 e. The van der Waals surface area contributed by atoms with Gasteiger partial charge in [0.1, 0.15) is 0 Å². The third-order valence-electron chi connectivity index (χ3n) is 0.615. The lowest BCUT2D eigenvalue weighted by atomic mass is 10.5. The minimum Gasteiger partial charge on any atom is -0.372 e. The third kappa shape index (κ3) is 6.18. The lowest BCUT2D eigenvalue weighted by molar-refractivity contribution is 0.239. The molecule has 0 heterocycles. The van der Waals surface area contributed by atoms with Crippen molar-refractivity contribution in [2.45, 2.75) is 6.92 Å². The summed E-state index contributed by atoms with van der Waals surface area (Å²) in [5.41, 5.74) is 0. The minimum atomic E-state index is 0.683. The van der Waals surface area contributed by atoms with Crippen molar-refractivity contribution in [2.75, 3.05) is 11.9 Å². The molecule has 0 fully saturated rings. The summed E-state index contributed by atoms with van der Waals surface area (Å²) in [4.78, 5) is 0. The molecule has 0 amide bonds. The Labute approximate surface area is 58.9 Å². The molecule has 0 spiro atoms. The molecule has 0 saturated carbocycles. The van der Waals surface area contributed by atoms with Crippen molar-refractivity contribution in [3.8, 4) is 0 Å². The largest absolute Gasteiger partial charge is 0.372 e. The number of rotatable bonds is 4. The van der Waals surface area contributed by atoms with Crippen molar-refractivity contribution in [1.82, 2.24) is 0 Å². The summed E-state index contributed by atoms with van der Waals surface area (Å²) < 4.78 is 4.90. The quantitative estimate of drug-likeness (QED) is 0.364. The predicted molar refractivity (Wildman–Crippen MR) is 38.9 cm³/mol. The van der Waals surface area contributed by atoms with Crippen LogP contribution in [0.15, 0.2) is 12.2 Å². The highest BCUT2D eigenvalue weighted by Crippen LogP contribution is 1.83. The molecule has 0 aliphatic carbocycles. The van der Waals surface area contributed by atoms with Crippen LogP contribution in [0, 0.1) is 6.61 Å². The first-order valence-corrected chi connectivity index (χ1v) is 3.64. The van der Waals surface area contributed by atoms with Gasteiger partial charge in [-0.3, -0.25) is 0 Å². The summed E-state index contributed by atoms with van der Waals surface area (Å²) in [6, 6.07) is 0. The molecule has 8 heavy (non-hydrogen) atoms. The van der Waals surface area contributed by atoms with E-state index in [1.165, 1.54) is 0 Å². The van der Waals surface area contributed by atoms with Gasteiger partial charge in [-0.1, -0.05) is 28.1 Å². The van der Waals surface area contributed by atoms with Crippen LogP contribution in [-0.2, 0) is 4.74 Å². The van der Waals surface area contributed by atoms with Crippen molar-refractivity contribution in [3.63, 3.8) is 0 Å². The fourth-order valence-corrected chi connectivity index (χ4v) is 0.547. The molecular formula is C6H10BrO. The van der Waals surface area contributed by atoms with E-state index >= 15 is 0 Å². The predicted octanol–water partition coefficient (Wildman–Crippen LogP) is 2.14. The molecule has 0 aromatic rings. The Morgan fingerprint density at radius 1 is 1.50 bits per heavy atom. The van der Waals surface area contributed by atoms with Gasteiger partial charge >= 0.3 is 0 Å². The van der Waals surface area contributed by atoms with E-state index in [2.05, 4.69) is 15.9 Å². The van der Waals surface area contributed by atoms with Gasteiger partial charge < -0.3 is 4.74 Å². The zero-order chi connectivity index (χ0) is 6.24. The molecule has 2 heteroatoms. The highest BCUT2D eigenvalue weighted by molar-refractivity contribution is 9.09. The molecule has 0 N–H and O–H groups in total. The summed E-state index contributed by atoms with van der Waals surface area (Å²) in [5.74, 6) is 0. The molecule has 0 bridgehead atoms. The second kappa shape index (κ2) is 7.18. The maximum Gasteiger partial charge on any atom is 0.0810 e. The Kier molecular flexibility index (Phi) is 7.34. The monoisotopic (exact) mass is 177 g/mol. The van der Waals surface area contributed by atoms with Gasteiger partial charge in [-0.25, -0.2) is 0 Å². The van der Waals surface area contributed by atoms with Crippen LogP contribution in [0.4, 0.5) is 0 Å². The first kappa shape index (κ1) is 8.18. The van der Waals surface area contributed by atoms with Gasteiger partial charge in [0, 0.05) is 5.33 Å². The van der Waals surface area contributed by atoms with Crippen LogP contribution in [0.1, 0.15) is 6.92 Å². The third-order valence-corrected chi connectivity index (χ3v) is 0.989. The van der Waals surface area contributed by atoms with Gasteiger partial charge in [-0.2, -0.15) is 0 Å². The lowest BCUT2D eigenvalue weighted by Gasteiger charge is -1.89. The maximum atomic E-state index is 4.90. The highest BCUT2D eigenvalue weighted by atomic mass is 79.9. The van der Waals surface area contributed by atoms with Crippen LogP contribution in [0.5, 0.6) is 0 Å². The van der Waals surface area contributed by atoms with Gasteiger partial charge in [0.05, 0.1) is 13.2 Å². The van der Waals surface area contributed by atoms with E-state index in [1.807, 2.05) is 19.1 Å². The van der Waals surface area contributed by atoms with Crippen LogP contribution >= 0.6 is 15.9 Å². The second-order valence-corrected chi connectivity index (χ2v) is 1.84. The van der Waals surface area contributed by atoms with E-state index in [4.69, 9.17) is 4.74 Å². The molecule has 0 unspecified atom stereocenters.